The molecule has 0 radical (unpaired) electrons. The quantitative estimate of drug-likeness (QED) is 0.859. The lowest BCUT2D eigenvalue weighted by Crippen LogP contribution is -2.36. The standard InChI is InChI=1S/C16H25BrN2O/c1-3-18-11-13-6-8-19(9-7-13)12-14-4-5-16(20-2)15(17)10-14/h4-5,10,13,18H,3,6-9,11-12H2,1-2H3. The fraction of sp³-hybridized carbons (Fsp3) is 0.625. The van der Waals surface area contributed by atoms with E-state index in [-0.39, 0.29) is 0 Å². The SMILES string of the molecule is CCNCC1CCN(Cc2ccc(OC)c(Br)c2)CC1. The average molecular weight is 341 g/mol. The molecule has 4 heteroatoms. The molecule has 0 spiro atoms. The molecule has 1 aromatic carbocycles. The van der Waals surface area contributed by atoms with E-state index in [1.165, 1.54) is 38.0 Å². The lowest BCUT2D eigenvalue weighted by atomic mass is 9.96. The summed E-state index contributed by atoms with van der Waals surface area (Å²) in [5, 5.41) is 3.46. The van der Waals surface area contributed by atoms with Crippen molar-refractivity contribution in [2.45, 2.75) is 26.3 Å². The lowest BCUT2D eigenvalue weighted by Gasteiger charge is -2.32. The Balaban J connectivity index is 1.82. The van der Waals surface area contributed by atoms with Crippen molar-refractivity contribution in [3.63, 3.8) is 0 Å². The Hall–Kier alpha value is -0.580. The minimum atomic E-state index is 0.855. The van der Waals surface area contributed by atoms with Gasteiger partial charge in [0.2, 0.25) is 0 Å². The fourth-order valence-electron chi connectivity index (χ4n) is 2.76. The van der Waals surface area contributed by atoms with Crippen LogP contribution in [0.1, 0.15) is 25.3 Å². The maximum atomic E-state index is 5.27. The molecule has 1 aromatic rings. The highest BCUT2D eigenvalue weighted by Crippen LogP contribution is 2.27. The van der Waals surface area contributed by atoms with E-state index in [4.69, 9.17) is 4.74 Å². The Morgan fingerprint density at radius 3 is 2.70 bits per heavy atom. The summed E-state index contributed by atoms with van der Waals surface area (Å²) in [6.07, 6.45) is 2.62. The van der Waals surface area contributed by atoms with Crippen molar-refractivity contribution in [3.05, 3.63) is 28.2 Å². The van der Waals surface area contributed by atoms with Gasteiger partial charge in [0.15, 0.2) is 0 Å². The number of methoxy groups -OCH3 is 1. The van der Waals surface area contributed by atoms with E-state index in [1.807, 2.05) is 6.07 Å². The molecule has 0 amide bonds. The molecule has 0 atom stereocenters. The molecule has 3 nitrogen and oxygen atoms in total. The smallest absolute Gasteiger partial charge is 0.133 e. The van der Waals surface area contributed by atoms with Crippen LogP contribution in [0.15, 0.2) is 22.7 Å². The van der Waals surface area contributed by atoms with Crippen LogP contribution in [0.25, 0.3) is 0 Å². The van der Waals surface area contributed by atoms with E-state index in [2.05, 4.69) is 45.2 Å². The van der Waals surface area contributed by atoms with Crippen LogP contribution in [-0.4, -0.2) is 38.2 Å². The van der Waals surface area contributed by atoms with Gasteiger partial charge >= 0.3 is 0 Å². The molecule has 1 heterocycles. The highest BCUT2D eigenvalue weighted by Gasteiger charge is 2.18. The van der Waals surface area contributed by atoms with E-state index in [0.717, 1.165) is 29.2 Å². The largest absolute Gasteiger partial charge is 0.496 e. The number of hydrogen-bond acceptors (Lipinski definition) is 3. The van der Waals surface area contributed by atoms with Crippen molar-refractivity contribution in [1.82, 2.24) is 10.2 Å². The van der Waals surface area contributed by atoms with Crippen LogP contribution >= 0.6 is 15.9 Å². The van der Waals surface area contributed by atoms with Gasteiger partial charge in [0.25, 0.3) is 0 Å². The summed E-state index contributed by atoms with van der Waals surface area (Å²) in [5.41, 5.74) is 1.35. The van der Waals surface area contributed by atoms with Crippen LogP contribution in [0.2, 0.25) is 0 Å². The summed E-state index contributed by atoms with van der Waals surface area (Å²) in [6, 6.07) is 6.37. The average Bonchev–Trinajstić information content (AvgIpc) is 2.47. The maximum Gasteiger partial charge on any atom is 0.133 e. The molecule has 0 bridgehead atoms. The van der Waals surface area contributed by atoms with Crippen LogP contribution in [-0.2, 0) is 6.54 Å². The van der Waals surface area contributed by atoms with Gasteiger partial charge in [-0.15, -0.1) is 0 Å². The summed E-state index contributed by atoms with van der Waals surface area (Å²) in [4.78, 5) is 2.55. The normalized spacial score (nSPS) is 17.4. The molecule has 2 rings (SSSR count). The Kier molecular flexibility index (Phi) is 6.33. The monoisotopic (exact) mass is 340 g/mol. The first-order valence-electron chi connectivity index (χ1n) is 7.48. The summed E-state index contributed by atoms with van der Waals surface area (Å²) in [6.45, 7) is 7.89. The molecule has 112 valence electrons. The number of ether oxygens (including phenoxy) is 1. The summed E-state index contributed by atoms with van der Waals surface area (Å²) >= 11 is 3.56. The Labute approximate surface area is 130 Å². The zero-order valence-electron chi connectivity index (χ0n) is 12.5. The number of nitrogens with one attached hydrogen (secondary N) is 1. The second kappa shape index (κ2) is 8.01. The number of hydrogen-bond donors (Lipinski definition) is 1. The van der Waals surface area contributed by atoms with E-state index < -0.39 is 0 Å². The van der Waals surface area contributed by atoms with Gasteiger partial charge in [-0.05, 0) is 78.6 Å². The van der Waals surface area contributed by atoms with Gasteiger partial charge in [-0.3, -0.25) is 4.90 Å². The third kappa shape index (κ3) is 4.47. The summed E-state index contributed by atoms with van der Waals surface area (Å²) in [7, 11) is 1.70. The number of rotatable bonds is 6. The second-order valence-electron chi connectivity index (χ2n) is 5.50. The van der Waals surface area contributed by atoms with Crippen LogP contribution < -0.4 is 10.1 Å². The van der Waals surface area contributed by atoms with Crippen molar-refractivity contribution < 1.29 is 4.74 Å². The molecule has 0 unspecified atom stereocenters. The molecule has 1 fully saturated rings. The first-order chi connectivity index (χ1) is 9.72. The molecule has 0 saturated carbocycles. The molecule has 20 heavy (non-hydrogen) atoms. The van der Waals surface area contributed by atoms with Crippen molar-refractivity contribution in [1.29, 1.82) is 0 Å². The van der Waals surface area contributed by atoms with Crippen LogP contribution in [0.3, 0.4) is 0 Å². The summed E-state index contributed by atoms with van der Waals surface area (Å²) < 4.78 is 6.32. The van der Waals surface area contributed by atoms with Gasteiger partial charge in [0.05, 0.1) is 11.6 Å². The highest BCUT2D eigenvalue weighted by molar-refractivity contribution is 9.10. The summed E-state index contributed by atoms with van der Waals surface area (Å²) in [5.74, 6) is 1.76. The van der Waals surface area contributed by atoms with E-state index in [1.54, 1.807) is 7.11 Å². The van der Waals surface area contributed by atoms with Crippen LogP contribution in [0, 0.1) is 5.92 Å². The van der Waals surface area contributed by atoms with Gasteiger partial charge in [0.1, 0.15) is 5.75 Å². The Bertz CT molecular complexity index is 417. The van der Waals surface area contributed by atoms with Gasteiger partial charge in [-0.25, -0.2) is 0 Å². The lowest BCUT2D eigenvalue weighted by molar-refractivity contribution is 0.176. The zero-order chi connectivity index (χ0) is 14.4. The molecule has 0 aliphatic carbocycles. The number of halogens is 1. The maximum absolute atomic E-state index is 5.27. The Morgan fingerprint density at radius 2 is 2.10 bits per heavy atom. The van der Waals surface area contributed by atoms with Gasteiger partial charge in [-0.2, -0.15) is 0 Å². The number of piperidine rings is 1. The third-order valence-electron chi connectivity index (χ3n) is 4.01. The first-order valence-corrected chi connectivity index (χ1v) is 8.27. The molecular weight excluding hydrogens is 316 g/mol. The predicted octanol–water partition coefficient (Wildman–Crippen LogP) is 3.28. The molecule has 1 saturated heterocycles. The minimum Gasteiger partial charge on any atom is -0.496 e. The van der Waals surface area contributed by atoms with Crippen LogP contribution in [0.5, 0.6) is 5.75 Å². The molecular formula is C16H25BrN2O. The zero-order valence-corrected chi connectivity index (χ0v) is 14.1. The topological polar surface area (TPSA) is 24.5 Å². The van der Waals surface area contributed by atoms with Gasteiger partial charge < -0.3 is 10.1 Å². The van der Waals surface area contributed by atoms with Crippen molar-refractivity contribution in [2.24, 2.45) is 5.92 Å². The van der Waals surface area contributed by atoms with E-state index >= 15 is 0 Å². The fourth-order valence-corrected chi connectivity index (χ4v) is 3.35. The van der Waals surface area contributed by atoms with E-state index in [0.29, 0.717) is 0 Å². The van der Waals surface area contributed by atoms with E-state index in [9.17, 15) is 0 Å². The number of likely N-dealkylation sites (tertiary alicyclic amines) is 1. The Morgan fingerprint density at radius 1 is 1.35 bits per heavy atom. The minimum absolute atomic E-state index is 0.855. The molecule has 0 aromatic heterocycles. The van der Waals surface area contributed by atoms with Gasteiger partial charge in [0, 0.05) is 6.54 Å². The number of benzene rings is 1. The highest BCUT2D eigenvalue weighted by atomic mass is 79.9. The second-order valence-corrected chi connectivity index (χ2v) is 6.35. The predicted molar refractivity (Wildman–Crippen MR) is 87.2 cm³/mol. The molecule has 1 aliphatic heterocycles. The van der Waals surface area contributed by atoms with Crippen LogP contribution in [0.4, 0.5) is 0 Å². The third-order valence-corrected chi connectivity index (χ3v) is 4.63. The molecule has 1 N–H and O–H groups in total. The van der Waals surface area contributed by atoms with Crippen molar-refractivity contribution >= 4 is 15.9 Å². The van der Waals surface area contributed by atoms with Crippen molar-refractivity contribution in [2.75, 3.05) is 33.3 Å². The molecule has 1 aliphatic rings. The first kappa shape index (κ1) is 15.8. The number of nitrogens with zero attached hydrogens (tertiary/aromatic N) is 1. The van der Waals surface area contributed by atoms with Crippen molar-refractivity contribution in [3.8, 4) is 5.75 Å². The van der Waals surface area contributed by atoms with Gasteiger partial charge in [-0.1, -0.05) is 13.0 Å².